The number of rotatable bonds is 6. The Bertz CT molecular complexity index is 529. The minimum atomic E-state index is -0.0343. The Balaban J connectivity index is 2.01. The fraction of sp³-hybridized carbons (Fsp3) is 0.429. The molecule has 5 nitrogen and oxygen atoms in total. The SMILES string of the molecule is COc1cc(C(N)=S)ccc1OCC(=O)N(C)C1CC1. The predicted octanol–water partition coefficient (Wildman–Crippen LogP) is 1.33. The Morgan fingerprint density at radius 2 is 2.15 bits per heavy atom. The first-order valence-electron chi connectivity index (χ1n) is 6.39. The highest BCUT2D eigenvalue weighted by molar-refractivity contribution is 7.80. The normalized spacial score (nSPS) is 13.7. The van der Waals surface area contributed by atoms with Gasteiger partial charge in [-0.05, 0) is 31.0 Å². The Hall–Kier alpha value is -1.82. The van der Waals surface area contributed by atoms with Gasteiger partial charge in [-0.15, -0.1) is 0 Å². The van der Waals surface area contributed by atoms with Gasteiger partial charge in [0.05, 0.1) is 7.11 Å². The molecule has 0 aromatic heterocycles. The molecule has 0 bridgehead atoms. The largest absolute Gasteiger partial charge is 0.493 e. The van der Waals surface area contributed by atoms with Crippen molar-refractivity contribution < 1.29 is 14.3 Å². The zero-order valence-electron chi connectivity index (χ0n) is 11.6. The average molecular weight is 294 g/mol. The molecule has 108 valence electrons. The second-order valence-electron chi connectivity index (χ2n) is 4.75. The number of benzene rings is 1. The van der Waals surface area contributed by atoms with Crippen LogP contribution in [0.15, 0.2) is 18.2 Å². The molecule has 6 heteroatoms. The lowest BCUT2D eigenvalue weighted by atomic mass is 10.2. The third-order valence-corrected chi connectivity index (χ3v) is 3.52. The lowest BCUT2D eigenvalue weighted by Gasteiger charge is -2.17. The number of thiocarbonyl (C=S) groups is 1. The Labute approximate surface area is 123 Å². The Kier molecular flexibility index (Phi) is 4.44. The van der Waals surface area contributed by atoms with Crippen LogP contribution < -0.4 is 15.2 Å². The number of carbonyl (C=O) groups is 1. The summed E-state index contributed by atoms with van der Waals surface area (Å²) in [6.07, 6.45) is 2.16. The number of nitrogens with zero attached hydrogens (tertiary/aromatic N) is 1. The molecule has 0 radical (unpaired) electrons. The van der Waals surface area contributed by atoms with E-state index in [4.69, 9.17) is 27.4 Å². The van der Waals surface area contributed by atoms with E-state index in [2.05, 4.69) is 0 Å². The van der Waals surface area contributed by atoms with Gasteiger partial charge in [0.2, 0.25) is 0 Å². The quantitative estimate of drug-likeness (QED) is 0.802. The monoisotopic (exact) mass is 294 g/mol. The van der Waals surface area contributed by atoms with Crippen molar-refractivity contribution in [2.24, 2.45) is 5.73 Å². The third kappa shape index (κ3) is 3.39. The van der Waals surface area contributed by atoms with E-state index >= 15 is 0 Å². The molecule has 1 aliphatic rings. The van der Waals surface area contributed by atoms with E-state index in [1.165, 1.54) is 7.11 Å². The zero-order chi connectivity index (χ0) is 14.7. The lowest BCUT2D eigenvalue weighted by molar-refractivity contribution is -0.132. The van der Waals surface area contributed by atoms with Gasteiger partial charge < -0.3 is 20.1 Å². The van der Waals surface area contributed by atoms with Crippen molar-refractivity contribution in [1.82, 2.24) is 4.90 Å². The molecule has 1 saturated carbocycles. The molecule has 1 aromatic carbocycles. The van der Waals surface area contributed by atoms with Crippen molar-refractivity contribution in [3.8, 4) is 11.5 Å². The van der Waals surface area contributed by atoms with Crippen molar-refractivity contribution in [1.29, 1.82) is 0 Å². The first-order chi connectivity index (χ1) is 9.52. The summed E-state index contributed by atoms with van der Waals surface area (Å²) in [4.78, 5) is 13.9. The number of likely N-dealkylation sites (N-methyl/N-ethyl adjacent to an activating group) is 1. The lowest BCUT2D eigenvalue weighted by Crippen LogP contribution is -2.33. The number of carbonyl (C=O) groups excluding carboxylic acids is 1. The molecule has 0 aliphatic heterocycles. The van der Waals surface area contributed by atoms with Gasteiger partial charge in [0.25, 0.3) is 5.91 Å². The summed E-state index contributed by atoms with van der Waals surface area (Å²) in [5.74, 6) is 0.982. The van der Waals surface area contributed by atoms with Crippen molar-refractivity contribution in [3.63, 3.8) is 0 Å². The number of ether oxygens (including phenoxy) is 2. The standard InChI is InChI=1S/C14H18N2O3S/c1-16(10-4-5-10)13(17)8-19-11-6-3-9(14(15)20)7-12(11)18-2/h3,6-7,10H,4-5,8H2,1-2H3,(H2,15,20). The number of hydrogen-bond donors (Lipinski definition) is 1. The highest BCUT2D eigenvalue weighted by Gasteiger charge is 2.29. The predicted molar refractivity (Wildman–Crippen MR) is 80.2 cm³/mol. The number of hydrogen-bond acceptors (Lipinski definition) is 4. The molecule has 0 saturated heterocycles. The molecule has 0 atom stereocenters. The summed E-state index contributed by atoms with van der Waals surface area (Å²) in [5.41, 5.74) is 6.26. The van der Waals surface area contributed by atoms with E-state index in [0.29, 0.717) is 28.1 Å². The van der Waals surface area contributed by atoms with E-state index in [1.807, 2.05) is 0 Å². The van der Waals surface area contributed by atoms with Crippen LogP contribution in [-0.4, -0.2) is 42.6 Å². The fourth-order valence-electron chi connectivity index (χ4n) is 1.85. The van der Waals surface area contributed by atoms with E-state index in [9.17, 15) is 4.79 Å². The second-order valence-corrected chi connectivity index (χ2v) is 5.19. The van der Waals surface area contributed by atoms with Crippen LogP contribution in [0.1, 0.15) is 18.4 Å². The molecular weight excluding hydrogens is 276 g/mol. The van der Waals surface area contributed by atoms with Gasteiger partial charge in [0.15, 0.2) is 18.1 Å². The summed E-state index contributed by atoms with van der Waals surface area (Å²) in [6.45, 7) is -0.00419. The summed E-state index contributed by atoms with van der Waals surface area (Å²) >= 11 is 4.91. The summed E-state index contributed by atoms with van der Waals surface area (Å²) in [7, 11) is 3.33. The van der Waals surface area contributed by atoms with Crippen LogP contribution in [0.25, 0.3) is 0 Å². The molecule has 20 heavy (non-hydrogen) atoms. The van der Waals surface area contributed by atoms with Crippen LogP contribution in [0.3, 0.4) is 0 Å². The maximum absolute atomic E-state index is 11.9. The third-order valence-electron chi connectivity index (χ3n) is 3.29. The van der Waals surface area contributed by atoms with Crippen molar-refractivity contribution in [2.45, 2.75) is 18.9 Å². The second kappa shape index (κ2) is 6.09. The minimum absolute atomic E-state index is 0.00419. The van der Waals surface area contributed by atoms with Crippen LogP contribution >= 0.6 is 12.2 Å². The highest BCUT2D eigenvalue weighted by Crippen LogP contribution is 2.29. The molecule has 1 fully saturated rings. The molecule has 0 heterocycles. The molecule has 0 unspecified atom stereocenters. The molecule has 2 N–H and O–H groups in total. The van der Waals surface area contributed by atoms with E-state index in [1.54, 1.807) is 30.1 Å². The van der Waals surface area contributed by atoms with Gasteiger partial charge in [0.1, 0.15) is 4.99 Å². The van der Waals surface area contributed by atoms with Crippen molar-refractivity contribution in [3.05, 3.63) is 23.8 Å². The first kappa shape index (κ1) is 14.6. The van der Waals surface area contributed by atoms with Crippen molar-refractivity contribution in [2.75, 3.05) is 20.8 Å². The smallest absolute Gasteiger partial charge is 0.260 e. The van der Waals surface area contributed by atoms with Crippen LogP contribution in [0.4, 0.5) is 0 Å². The van der Waals surface area contributed by atoms with Gasteiger partial charge in [-0.25, -0.2) is 0 Å². The number of methoxy groups -OCH3 is 1. The van der Waals surface area contributed by atoms with Gasteiger partial charge in [-0.3, -0.25) is 4.79 Å². The zero-order valence-corrected chi connectivity index (χ0v) is 12.4. The fourth-order valence-corrected chi connectivity index (χ4v) is 1.97. The maximum atomic E-state index is 11.9. The summed E-state index contributed by atoms with van der Waals surface area (Å²) in [6, 6.07) is 5.53. The van der Waals surface area contributed by atoms with Gasteiger partial charge >= 0.3 is 0 Å². The molecular formula is C14H18N2O3S. The van der Waals surface area contributed by atoms with Gasteiger partial charge in [0, 0.05) is 18.7 Å². The van der Waals surface area contributed by atoms with Gasteiger partial charge in [-0.2, -0.15) is 0 Å². The molecule has 1 aliphatic carbocycles. The number of amides is 1. The topological polar surface area (TPSA) is 64.8 Å². The molecule has 1 amide bonds. The van der Waals surface area contributed by atoms with Crippen LogP contribution in [0, 0.1) is 0 Å². The number of nitrogens with two attached hydrogens (primary N) is 1. The van der Waals surface area contributed by atoms with Crippen LogP contribution in [0.5, 0.6) is 11.5 Å². The minimum Gasteiger partial charge on any atom is -0.493 e. The molecule has 0 spiro atoms. The van der Waals surface area contributed by atoms with Gasteiger partial charge in [-0.1, -0.05) is 12.2 Å². The Morgan fingerprint density at radius 1 is 1.45 bits per heavy atom. The summed E-state index contributed by atoms with van der Waals surface area (Å²) in [5, 5.41) is 0. The van der Waals surface area contributed by atoms with Crippen LogP contribution in [-0.2, 0) is 4.79 Å². The molecule has 2 rings (SSSR count). The highest BCUT2D eigenvalue weighted by atomic mass is 32.1. The Morgan fingerprint density at radius 3 is 2.70 bits per heavy atom. The van der Waals surface area contributed by atoms with Crippen LogP contribution in [0.2, 0.25) is 0 Å². The van der Waals surface area contributed by atoms with Crippen molar-refractivity contribution >= 4 is 23.1 Å². The van der Waals surface area contributed by atoms with E-state index in [-0.39, 0.29) is 12.5 Å². The van der Waals surface area contributed by atoms with E-state index in [0.717, 1.165) is 12.8 Å². The average Bonchev–Trinajstić information content (AvgIpc) is 3.28. The molecule has 1 aromatic rings. The van der Waals surface area contributed by atoms with E-state index < -0.39 is 0 Å². The summed E-state index contributed by atoms with van der Waals surface area (Å²) < 4.78 is 10.7. The maximum Gasteiger partial charge on any atom is 0.260 e. The first-order valence-corrected chi connectivity index (χ1v) is 6.80.